The van der Waals surface area contributed by atoms with E-state index in [1.165, 1.54) is 11.3 Å². The molecule has 0 spiro atoms. The first kappa shape index (κ1) is 24.9. The van der Waals surface area contributed by atoms with Gasteiger partial charge in [0.05, 0.1) is 46.6 Å². The summed E-state index contributed by atoms with van der Waals surface area (Å²) in [5.74, 6) is 0.630. The van der Waals surface area contributed by atoms with Crippen molar-refractivity contribution in [1.82, 2.24) is 4.57 Å². The summed E-state index contributed by atoms with van der Waals surface area (Å²) in [6.07, 6.45) is 1.48. The van der Waals surface area contributed by atoms with Crippen LogP contribution in [-0.4, -0.2) is 30.9 Å². The van der Waals surface area contributed by atoms with E-state index >= 15 is 0 Å². The fourth-order valence-electron chi connectivity index (χ4n) is 3.98. The molecule has 0 saturated heterocycles. The highest BCUT2D eigenvalue weighted by Gasteiger charge is 2.33. The minimum absolute atomic E-state index is 0.240. The van der Waals surface area contributed by atoms with E-state index in [1.54, 1.807) is 51.7 Å². The first-order valence-corrected chi connectivity index (χ1v) is 12.6. The lowest BCUT2D eigenvalue weighted by Gasteiger charge is -2.25. The highest BCUT2D eigenvalue weighted by atomic mass is 79.9. The number of carbonyl (C=O) groups excluding carboxylic acids is 1. The number of carbonyl (C=O) groups is 1. The molecule has 7 nitrogen and oxygen atoms in total. The zero-order valence-corrected chi connectivity index (χ0v) is 22.4. The van der Waals surface area contributed by atoms with Crippen LogP contribution in [0.5, 0.6) is 11.5 Å². The van der Waals surface area contributed by atoms with E-state index in [-0.39, 0.29) is 11.7 Å². The number of fused-ring (bicyclic) bond motifs is 1. The summed E-state index contributed by atoms with van der Waals surface area (Å²) in [5.41, 5.74) is 2.21. The van der Waals surface area contributed by atoms with Crippen molar-refractivity contribution in [3.63, 3.8) is 0 Å². The highest BCUT2D eigenvalue weighted by molar-refractivity contribution is 9.10. The molecule has 2 aromatic carbocycles. The number of hydrogen-bond acceptors (Lipinski definition) is 7. The molecule has 1 unspecified atom stereocenters. The van der Waals surface area contributed by atoms with E-state index in [4.69, 9.17) is 14.2 Å². The first-order valence-electron chi connectivity index (χ1n) is 10.9. The molecule has 0 amide bonds. The summed E-state index contributed by atoms with van der Waals surface area (Å²) >= 11 is 4.77. The second kappa shape index (κ2) is 10.2. The number of esters is 1. The summed E-state index contributed by atoms with van der Waals surface area (Å²) < 4.78 is 19.1. The molecule has 0 N–H and O–H groups in total. The highest BCUT2D eigenvalue weighted by Crippen LogP contribution is 2.36. The second-order valence-corrected chi connectivity index (χ2v) is 10.0. The van der Waals surface area contributed by atoms with E-state index in [0.29, 0.717) is 36.6 Å². The topological polar surface area (TPSA) is 79.1 Å². The molecule has 0 bridgehead atoms. The van der Waals surface area contributed by atoms with Gasteiger partial charge in [0, 0.05) is 0 Å². The Labute approximate surface area is 215 Å². The van der Waals surface area contributed by atoms with Crippen LogP contribution in [0.2, 0.25) is 0 Å². The molecular weight excluding hydrogens is 532 g/mol. The van der Waals surface area contributed by atoms with Crippen LogP contribution in [0.4, 0.5) is 0 Å². The fraction of sp³-hybridized carbons (Fsp3) is 0.269. The third-order valence-corrected chi connectivity index (χ3v) is 7.03. The minimum Gasteiger partial charge on any atom is -0.493 e. The molecule has 182 valence electrons. The van der Waals surface area contributed by atoms with Gasteiger partial charge in [-0.3, -0.25) is 9.36 Å². The van der Waals surface area contributed by atoms with Gasteiger partial charge in [0.1, 0.15) is 0 Å². The molecule has 0 aliphatic carbocycles. The van der Waals surface area contributed by atoms with Gasteiger partial charge in [0.2, 0.25) is 0 Å². The van der Waals surface area contributed by atoms with Crippen molar-refractivity contribution in [2.24, 2.45) is 4.99 Å². The van der Waals surface area contributed by atoms with Crippen LogP contribution < -0.4 is 24.4 Å². The zero-order valence-electron chi connectivity index (χ0n) is 20.0. The number of thiazole rings is 1. The monoisotopic (exact) mass is 556 g/mol. The Morgan fingerprint density at radius 2 is 1.89 bits per heavy atom. The Balaban J connectivity index is 1.93. The van der Waals surface area contributed by atoms with E-state index in [9.17, 15) is 9.59 Å². The van der Waals surface area contributed by atoms with E-state index < -0.39 is 12.0 Å². The molecule has 1 atom stereocenters. The van der Waals surface area contributed by atoms with Crippen molar-refractivity contribution in [2.75, 3.05) is 14.2 Å². The van der Waals surface area contributed by atoms with Crippen molar-refractivity contribution in [3.05, 3.63) is 89.0 Å². The zero-order chi connectivity index (χ0) is 25.3. The molecule has 3 aromatic rings. The molecule has 2 heterocycles. The van der Waals surface area contributed by atoms with Gasteiger partial charge >= 0.3 is 5.97 Å². The Bertz CT molecular complexity index is 1490. The van der Waals surface area contributed by atoms with Crippen LogP contribution in [0.1, 0.15) is 37.9 Å². The number of halogens is 1. The van der Waals surface area contributed by atoms with E-state index in [2.05, 4.69) is 20.9 Å². The molecule has 0 fully saturated rings. The Kier molecular flexibility index (Phi) is 7.28. The maximum atomic E-state index is 13.7. The largest absolute Gasteiger partial charge is 0.493 e. The molecule has 1 aliphatic heterocycles. The molecule has 35 heavy (non-hydrogen) atoms. The van der Waals surface area contributed by atoms with Gasteiger partial charge in [-0.25, -0.2) is 9.79 Å². The average Bonchev–Trinajstić information content (AvgIpc) is 3.12. The summed E-state index contributed by atoms with van der Waals surface area (Å²) in [6.45, 7) is 5.36. The molecule has 1 aromatic heterocycles. The quantitative estimate of drug-likeness (QED) is 0.429. The molecule has 0 saturated carbocycles. The second-order valence-electron chi connectivity index (χ2n) is 8.18. The molecular formula is C26H25BrN2O5S. The van der Waals surface area contributed by atoms with Crippen LogP contribution >= 0.6 is 27.3 Å². The SMILES string of the molecule is COc1cc(C=c2sc3n(c2=O)C(c2ccccc2)C(C(=O)OC(C)C)=C(C)N=3)cc(Br)c1OC. The summed E-state index contributed by atoms with van der Waals surface area (Å²) in [4.78, 5) is 31.9. The average molecular weight is 557 g/mol. The predicted molar refractivity (Wildman–Crippen MR) is 139 cm³/mol. The number of allylic oxidation sites excluding steroid dienone is 1. The van der Waals surface area contributed by atoms with Gasteiger partial charge in [0.25, 0.3) is 5.56 Å². The smallest absolute Gasteiger partial charge is 0.338 e. The normalized spacial score (nSPS) is 15.6. The maximum absolute atomic E-state index is 13.7. The van der Waals surface area contributed by atoms with Gasteiger partial charge < -0.3 is 14.2 Å². The lowest BCUT2D eigenvalue weighted by molar-refractivity contribution is -0.143. The number of methoxy groups -OCH3 is 2. The molecule has 9 heteroatoms. The predicted octanol–water partition coefficient (Wildman–Crippen LogP) is 3.97. The number of benzene rings is 2. The lowest BCUT2D eigenvalue weighted by atomic mass is 9.96. The van der Waals surface area contributed by atoms with Crippen molar-refractivity contribution in [3.8, 4) is 11.5 Å². The van der Waals surface area contributed by atoms with Crippen molar-refractivity contribution in [1.29, 1.82) is 0 Å². The summed E-state index contributed by atoms with van der Waals surface area (Å²) in [7, 11) is 3.12. The van der Waals surface area contributed by atoms with Crippen LogP contribution in [-0.2, 0) is 9.53 Å². The van der Waals surface area contributed by atoms with Gasteiger partial charge in [-0.05, 0) is 66.0 Å². The number of hydrogen-bond donors (Lipinski definition) is 0. The maximum Gasteiger partial charge on any atom is 0.338 e. The van der Waals surface area contributed by atoms with E-state index in [0.717, 1.165) is 11.1 Å². The van der Waals surface area contributed by atoms with Crippen LogP contribution in [0.25, 0.3) is 6.08 Å². The third kappa shape index (κ3) is 4.83. The first-order chi connectivity index (χ1) is 16.7. The standard InChI is InChI=1S/C26H25BrN2O5S/c1-14(2)34-25(31)21-15(3)28-26-29(22(21)17-9-7-6-8-10-17)24(30)20(35-26)13-16-11-18(27)23(33-5)19(12-16)32-4/h6-14,22H,1-5H3. The number of ether oxygens (including phenoxy) is 3. The third-order valence-electron chi connectivity index (χ3n) is 5.45. The molecule has 4 rings (SSSR count). The van der Waals surface area contributed by atoms with Gasteiger partial charge in [-0.2, -0.15) is 0 Å². The summed E-state index contributed by atoms with van der Waals surface area (Å²) in [5, 5.41) is 0. The Hall–Kier alpha value is -3.17. The van der Waals surface area contributed by atoms with Crippen LogP contribution in [0.3, 0.4) is 0 Å². The number of rotatable bonds is 6. The van der Waals surface area contributed by atoms with Gasteiger partial charge in [-0.1, -0.05) is 41.7 Å². The fourth-order valence-corrected chi connectivity index (χ4v) is 5.65. The molecule has 0 radical (unpaired) electrons. The van der Waals surface area contributed by atoms with Crippen molar-refractivity contribution in [2.45, 2.75) is 32.9 Å². The Morgan fingerprint density at radius 3 is 2.51 bits per heavy atom. The van der Waals surface area contributed by atoms with Crippen molar-refractivity contribution < 1.29 is 19.0 Å². The molecule has 1 aliphatic rings. The van der Waals surface area contributed by atoms with Crippen LogP contribution in [0.15, 0.2) is 68.0 Å². The van der Waals surface area contributed by atoms with Gasteiger partial charge in [0.15, 0.2) is 16.3 Å². The minimum atomic E-state index is -0.641. The number of aromatic nitrogens is 1. The number of nitrogens with zero attached hydrogens (tertiary/aromatic N) is 2. The van der Waals surface area contributed by atoms with Gasteiger partial charge in [-0.15, -0.1) is 0 Å². The van der Waals surface area contributed by atoms with Crippen molar-refractivity contribution >= 4 is 39.3 Å². The lowest BCUT2D eigenvalue weighted by Crippen LogP contribution is -2.40. The van der Waals surface area contributed by atoms with Crippen LogP contribution in [0, 0.1) is 0 Å². The van der Waals surface area contributed by atoms with E-state index in [1.807, 2.05) is 36.4 Å². The Morgan fingerprint density at radius 1 is 1.17 bits per heavy atom. The summed E-state index contributed by atoms with van der Waals surface area (Å²) in [6, 6.07) is 12.5.